The molecule has 3 heterocycles. The summed E-state index contributed by atoms with van der Waals surface area (Å²) in [6.45, 7) is 1.11. The molecule has 0 saturated carbocycles. The van der Waals surface area contributed by atoms with Gasteiger partial charge < -0.3 is 19.9 Å². The van der Waals surface area contributed by atoms with Gasteiger partial charge in [0.25, 0.3) is 0 Å². The van der Waals surface area contributed by atoms with E-state index in [0.29, 0.717) is 43.1 Å². The van der Waals surface area contributed by atoms with Crippen LogP contribution in [0.5, 0.6) is 0 Å². The number of amides is 1. The molecule has 0 radical (unpaired) electrons. The van der Waals surface area contributed by atoms with Crippen molar-refractivity contribution in [3.63, 3.8) is 0 Å². The first-order chi connectivity index (χ1) is 8.66. The van der Waals surface area contributed by atoms with Crippen LogP contribution >= 0.6 is 0 Å². The summed E-state index contributed by atoms with van der Waals surface area (Å²) < 4.78 is 7.01. The summed E-state index contributed by atoms with van der Waals surface area (Å²) in [5.74, 6) is -0.0404. The first kappa shape index (κ1) is 11.3. The molecule has 6 heteroatoms. The van der Waals surface area contributed by atoms with Crippen LogP contribution in [0.1, 0.15) is 23.3 Å². The second-order valence-corrected chi connectivity index (χ2v) is 4.81. The minimum absolute atomic E-state index is 0.0404. The monoisotopic (exact) mass is 249 g/mol. The SMILES string of the molecule is Cn1cc2c(c1C=O)NC1(CCOCC1)C(=O)N2. The van der Waals surface area contributed by atoms with Crippen molar-refractivity contribution in [1.82, 2.24) is 4.57 Å². The average molecular weight is 249 g/mol. The van der Waals surface area contributed by atoms with E-state index in [2.05, 4.69) is 10.6 Å². The zero-order valence-electron chi connectivity index (χ0n) is 10.2. The van der Waals surface area contributed by atoms with Gasteiger partial charge in [0.1, 0.15) is 11.2 Å². The van der Waals surface area contributed by atoms with Crippen LogP contribution in [-0.4, -0.2) is 35.5 Å². The summed E-state index contributed by atoms with van der Waals surface area (Å²) in [4.78, 5) is 23.3. The highest BCUT2D eigenvalue weighted by atomic mass is 16.5. The van der Waals surface area contributed by atoms with Crippen LogP contribution in [0, 0.1) is 0 Å². The fourth-order valence-corrected chi connectivity index (χ4v) is 2.62. The molecule has 1 fully saturated rings. The number of anilines is 2. The van der Waals surface area contributed by atoms with Gasteiger partial charge in [-0.25, -0.2) is 0 Å². The number of fused-ring (bicyclic) bond motifs is 1. The predicted molar refractivity (Wildman–Crippen MR) is 65.8 cm³/mol. The van der Waals surface area contributed by atoms with E-state index in [9.17, 15) is 9.59 Å². The second kappa shape index (κ2) is 3.84. The maximum Gasteiger partial charge on any atom is 0.250 e. The minimum atomic E-state index is -0.635. The molecule has 0 unspecified atom stereocenters. The fourth-order valence-electron chi connectivity index (χ4n) is 2.62. The van der Waals surface area contributed by atoms with E-state index in [1.54, 1.807) is 17.8 Å². The number of carbonyl (C=O) groups is 2. The van der Waals surface area contributed by atoms with Crippen molar-refractivity contribution in [3.05, 3.63) is 11.9 Å². The van der Waals surface area contributed by atoms with Crippen molar-refractivity contribution in [2.75, 3.05) is 23.8 Å². The van der Waals surface area contributed by atoms with E-state index in [-0.39, 0.29) is 5.91 Å². The van der Waals surface area contributed by atoms with Gasteiger partial charge in [-0.2, -0.15) is 0 Å². The Bertz CT molecular complexity index is 515. The van der Waals surface area contributed by atoms with Gasteiger partial charge in [-0.3, -0.25) is 9.59 Å². The van der Waals surface area contributed by atoms with Crippen LogP contribution in [0.4, 0.5) is 11.4 Å². The highest BCUT2D eigenvalue weighted by molar-refractivity contribution is 6.08. The molecule has 1 aromatic rings. The third-order valence-electron chi connectivity index (χ3n) is 3.73. The largest absolute Gasteiger partial charge is 0.381 e. The van der Waals surface area contributed by atoms with E-state index in [1.807, 2.05) is 0 Å². The highest BCUT2D eigenvalue weighted by Crippen LogP contribution is 2.38. The molecule has 0 aliphatic carbocycles. The summed E-state index contributed by atoms with van der Waals surface area (Å²) in [5.41, 5.74) is 1.30. The Hall–Kier alpha value is -1.82. The number of carbonyl (C=O) groups excluding carboxylic acids is 2. The van der Waals surface area contributed by atoms with Gasteiger partial charge in [0.05, 0.1) is 11.4 Å². The molecule has 1 amide bonds. The average Bonchev–Trinajstić information content (AvgIpc) is 2.66. The van der Waals surface area contributed by atoms with Crippen LogP contribution in [-0.2, 0) is 16.6 Å². The van der Waals surface area contributed by atoms with E-state index in [1.165, 1.54) is 0 Å². The summed E-state index contributed by atoms with van der Waals surface area (Å²) >= 11 is 0. The molecule has 0 atom stereocenters. The van der Waals surface area contributed by atoms with Crippen molar-refractivity contribution in [3.8, 4) is 0 Å². The molecule has 3 rings (SSSR count). The van der Waals surface area contributed by atoms with Gasteiger partial charge in [-0.15, -0.1) is 0 Å². The first-order valence-corrected chi connectivity index (χ1v) is 5.98. The zero-order valence-corrected chi connectivity index (χ0v) is 10.2. The highest BCUT2D eigenvalue weighted by Gasteiger charge is 2.44. The van der Waals surface area contributed by atoms with Gasteiger partial charge in [0, 0.05) is 39.3 Å². The van der Waals surface area contributed by atoms with Crippen LogP contribution in [0.3, 0.4) is 0 Å². The molecule has 1 saturated heterocycles. The molecule has 96 valence electrons. The smallest absolute Gasteiger partial charge is 0.250 e. The second-order valence-electron chi connectivity index (χ2n) is 4.81. The number of nitrogens with zero attached hydrogens (tertiary/aromatic N) is 1. The zero-order chi connectivity index (χ0) is 12.8. The lowest BCUT2D eigenvalue weighted by atomic mass is 9.87. The number of aryl methyl sites for hydroxylation is 1. The number of ether oxygens (including phenoxy) is 1. The van der Waals surface area contributed by atoms with E-state index >= 15 is 0 Å². The Labute approximate surface area is 104 Å². The molecular formula is C12H15N3O3. The first-order valence-electron chi connectivity index (χ1n) is 5.98. The van der Waals surface area contributed by atoms with E-state index in [0.717, 1.165) is 6.29 Å². The Morgan fingerprint density at radius 1 is 1.44 bits per heavy atom. The van der Waals surface area contributed by atoms with Gasteiger partial charge in [-0.05, 0) is 0 Å². The predicted octanol–water partition coefficient (Wildman–Crippen LogP) is 0.751. The molecule has 1 spiro atoms. The minimum Gasteiger partial charge on any atom is -0.381 e. The fraction of sp³-hybridized carbons (Fsp3) is 0.500. The Morgan fingerprint density at radius 3 is 2.83 bits per heavy atom. The number of rotatable bonds is 1. The van der Waals surface area contributed by atoms with Crippen LogP contribution in [0.25, 0.3) is 0 Å². The summed E-state index contributed by atoms with van der Waals surface area (Å²) in [6.07, 6.45) is 3.78. The quantitative estimate of drug-likeness (QED) is 0.720. The molecule has 1 aromatic heterocycles. The van der Waals surface area contributed by atoms with Gasteiger partial charge in [0.2, 0.25) is 5.91 Å². The van der Waals surface area contributed by atoms with Gasteiger partial charge in [0.15, 0.2) is 6.29 Å². The van der Waals surface area contributed by atoms with Crippen molar-refractivity contribution in [1.29, 1.82) is 0 Å². The van der Waals surface area contributed by atoms with Crippen molar-refractivity contribution in [2.45, 2.75) is 18.4 Å². The lowest BCUT2D eigenvalue weighted by Crippen LogP contribution is -2.55. The Balaban J connectivity index is 2.04. The summed E-state index contributed by atoms with van der Waals surface area (Å²) in [6, 6.07) is 0. The molecule has 18 heavy (non-hydrogen) atoms. The maximum absolute atomic E-state index is 12.2. The molecule has 2 N–H and O–H groups in total. The standard InChI is InChI=1S/C12H15N3O3/c1-15-6-8-10(9(15)7-16)14-12(11(17)13-8)2-4-18-5-3-12/h6-7,14H,2-5H2,1H3,(H,13,17). The van der Waals surface area contributed by atoms with Crippen molar-refractivity contribution in [2.24, 2.45) is 7.05 Å². The van der Waals surface area contributed by atoms with Gasteiger partial charge >= 0.3 is 0 Å². The topological polar surface area (TPSA) is 72.4 Å². The van der Waals surface area contributed by atoms with E-state index < -0.39 is 5.54 Å². The lowest BCUT2D eigenvalue weighted by molar-refractivity contribution is -0.123. The van der Waals surface area contributed by atoms with Crippen LogP contribution in [0.2, 0.25) is 0 Å². The molecule has 0 aromatic carbocycles. The van der Waals surface area contributed by atoms with Gasteiger partial charge in [-0.1, -0.05) is 0 Å². The Kier molecular flexibility index (Phi) is 2.41. The maximum atomic E-state index is 12.2. The molecular weight excluding hydrogens is 234 g/mol. The number of hydrogen-bond acceptors (Lipinski definition) is 4. The third kappa shape index (κ3) is 1.45. The molecule has 2 aliphatic rings. The number of aldehydes is 1. The third-order valence-corrected chi connectivity index (χ3v) is 3.73. The number of nitrogens with one attached hydrogen (secondary N) is 2. The molecule has 0 bridgehead atoms. The Morgan fingerprint density at radius 2 is 2.17 bits per heavy atom. The van der Waals surface area contributed by atoms with Crippen LogP contribution in [0.15, 0.2) is 6.20 Å². The summed E-state index contributed by atoms with van der Waals surface area (Å²) in [5, 5.41) is 6.14. The number of aromatic nitrogens is 1. The van der Waals surface area contributed by atoms with Crippen molar-refractivity contribution < 1.29 is 14.3 Å². The number of hydrogen-bond donors (Lipinski definition) is 2. The van der Waals surface area contributed by atoms with Crippen molar-refractivity contribution >= 4 is 23.6 Å². The lowest BCUT2D eigenvalue weighted by Gasteiger charge is -2.40. The van der Waals surface area contributed by atoms with Crippen LogP contribution < -0.4 is 10.6 Å². The normalized spacial score (nSPS) is 21.1. The van der Waals surface area contributed by atoms with E-state index in [4.69, 9.17) is 4.74 Å². The summed E-state index contributed by atoms with van der Waals surface area (Å²) in [7, 11) is 1.78. The molecule has 2 aliphatic heterocycles. The molecule has 6 nitrogen and oxygen atoms in total.